The number of nitrogens with one attached hydrogen (secondary N) is 1. The van der Waals surface area contributed by atoms with Crippen LogP contribution in [0.15, 0.2) is 72.8 Å². The van der Waals surface area contributed by atoms with Crippen LogP contribution in [-0.4, -0.2) is 109 Å². The number of imide groups is 2. The molecule has 4 aromatic carbocycles. The monoisotopic (exact) mass is 897 g/mol. The molecule has 1 unspecified atom stereocenters. The number of rotatable bonds is 14. The van der Waals surface area contributed by atoms with Crippen molar-refractivity contribution in [2.45, 2.75) is 45.1 Å². The third-order valence-electron chi connectivity index (χ3n) is 13.2. The number of ether oxygens (including phenoxy) is 3. The molecule has 17 heteroatoms. The largest absolute Gasteiger partial charge is 0.493 e. The lowest BCUT2D eigenvalue weighted by Gasteiger charge is -2.38. The van der Waals surface area contributed by atoms with Gasteiger partial charge in [-0.25, -0.2) is 9.18 Å². The van der Waals surface area contributed by atoms with Crippen molar-refractivity contribution in [2.75, 3.05) is 80.8 Å². The van der Waals surface area contributed by atoms with Gasteiger partial charge in [-0.3, -0.25) is 39.1 Å². The van der Waals surface area contributed by atoms with Gasteiger partial charge in [0.05, 0.1) is 54.6 Å². The minimum absolute atomic E-state index is 0.0386. The Bertz CT molecular complexity index is 2720. The summed E-state index contributed by atoms with van der Waals surface area (Å²) in [6.45, 7) is 8.40. The zero-order chi connectivity index (χ0) is 46.1. The van der Waals surface area contributed by atoms with E-state index in [1.807, 2.05) is 43.3 Å². The summed E-state index contributed by atoms with van der Waals surface area (Å²) in [5.74, 6) is 0.677. The second kappa shape index (κ2) is 18.7. The number of amides is 5. The van der Waals surface area contributed by atoms with Crippen LogP contribution in [0.3, 0.4) is 0 Å². The van der Waals surface area contributed by atoms with E-state index in [0.717, 1.165) is 76.5 Å². The first-order chi connectivity index (χ1) is 32.0. The number of aryl methyl sites for hydroxylation is 1. The zero-order valence-electron chi connectivity index (χ0n) is 37.3. The molecule has 66 heavy (non-hydrogen) atoms. The van der Waals surface area contributed by atoms with E-state index < -0.39 is 29.7 Å². The summed E-state index contributed by atoms with van der Waals surface area (Å²) in [6, 6.07) is 22.1. The second-order valence-electron chi connectivity index (χ2n) is 17.0. The van der Waals surface area contributed by atoms with Crippen LogP contribution in [0.25, 0.3) is 10.9 Å². The number of hydrogen-bond donors (Lipinski definition) is 1. The Morgan fingerprint density at radius 2 is 1.65 bits per heavy atom. The van der Waals surface area contributed by atoms with E-state index in [1.165, 1.54) is 15.9 Å². The Kier molecular flexibility index (Phi) is 12.5. The lowest BCUT2D eigenvalue weighted by atomic mass is 9.93. The Hall–Kier alpha value is -7.19. The van der Waals surface area contributed by atoms with Gasteiger partial charge >= 0.3 is 6.03 Å². The van der Waals surface area contributed by atoms with Crippen molar-refractivity contribution in [3.63, 3.8) is 0 Å². The van der Waals surface area contributed by atoms with E-state index in [4.69, 9.17) is 14.2 Å². The number of benzene rings is 4. The van der Waals surface area contributed by atoms with Crippen molar-refractivity contribution >= 4 is 51.8 Å². The van der Waals surface area contributed by atoms with Crippen LogP contribution in [0.2, 0.25) is 0 Å². The lowest BCUT2D eigenvalue weighted by Crippen LogP contribution is -2.49. The molecular formula is C49H52FN9O7. The maximum absolute atomic E-state index is 15.4. The molecule has 5 amide bonds. The molecule has 0 radical (unpaired) electrons. The van der Waals surface area contributed by atoms with Crippen molar-refractivity contribution in [1.29, 1.82) is 5.26 Å². The summed E-state index contributed by atoms with van der Waals surface area (Å²) in [4.78, 5) is 61.9. The van der Waals surface area contributed by atoms with Crippen molar-refractivity contribution < 1.29 is 37.8 Å². The fraction of sp³-hybridized carbons (Fsp3) is 0.388. The number of methoxy groups -OCH3 is 1. The van der Waals surface area contributed by atoms with Crippen molar-refractivity contribution in [2.24, 2.45) is 13.0 Å². The number of nitriles is 1. The van der Waals surface area contributed by atoms with Crippen LogP contribution < -0.4 is 34.2 Å². The van der Waals surface area contributed by atoms with Gasteiger partial charge in [-0.15, -0.1) is 0 Å². The third kappa shape index (κ3) is 8.56. The number of halogens is 1. The smallest absolute Gasteiger partial charge is 0.329 e. The van der Waals surface area contributed by atoms with Gasteiger partial charge in [0.15, 0.2) is 28.9 Å². The predicted octanol–water partition coefficient (Wildman–Crippen LogP) is 7.04. The number of anilines is 3. The fourth-order valence-corrected chi connectivity index (χ4v) is 9.64. The summed E-state index contributed by atoms with van der Waals surface area (Å²) in [5.41, 5.74) is 3.78. The molecule has 4 aliphatic heterocycles. The molecule has 1 N–H and O–H groups in total. The van der Waals surface area contributed by atoms with E-state index in [9.17, 15) is 24.4 Å². The normalized spacial score (nSPS) is 17.6. The SMILES string of the molecule is CCOc1cc(C(CC#N)N2C(=O)c3cccc(N4CCN(CCC5CCN(c6ccc(Oc7cc8c(cc7F)c(N7CCC(=O)NC7=O)nn8C)cc6)CC5)CC4)c3C2=O)ccc1OC. The molecule has 0 aliphatic carbocycles. The standard InChI is InChI=1S/C49H52FN9O7/c1-4-65-43-28-32(8-13-41(43)64-3)38(14-19-51)59-47(61)35-6-5-7-39(45(35)48(59)62)57-26-24-55(25-27-57)20-15-31-16-21-56(22-17-31)33-9-11-34(12-10-33)66-42-30-40-36(29-37(42)50)46(53-54(40)2)58-23-18-44(60)52-49(58)63/h5-13,28-31,38H,4,14-18,20-27H2,1-3H3,(H,52,60,63). The highest BCUT2D eigenvalue weighted by atomic mass is 19.1. The first kappa shape index (κ1) is 44.0. The average molecular weight is 898 g/mol. The molecular weight excluding hydrogens is 846 g/mol. The molecule has 0 bridgehead atoms. The second-order valence-corrected chi connectivity index (χ2v) is 17.0. The van der Waals surface area contributed by atoms with Gasteiger partial charge in [0.2, 0.25) is 5.91 Å². The molecule has 16 nitrogen and oxygen atoms in total. The van der Waals surface area contributed by atoms with Crippen molar-refractivity contribution in [3.8, 4) is 29.1 Å². The van der Waals surface area contributed by atoms with Gasteiger partial charge in [-0.2, -0.15) is 10.4 Å². The van der Waals surface area contributed by atoms with Gasteiger partial charge in [0, 0.05) is 76.4 Å². The molecule has 5 heterocycles. The molecule has 342 valence electrons. The number of piperazine rings is 1. The van der Waals surface area contributed by atoms with Gasteiger partial charge in [0.25, 0.3) is 11.8 Å². The van der Waals surface area contributed by atoms with Crippen LogP contribution >= 0.6 is 0 Å². The van der Waals surface area contributed by atoms with Gasteiger partial charge in [-0.05, 0) is 98.8 Å². The molecule has 1 atom stereocenters. The number of hydrogen-bond acceptors (Lipinski definition) is 12. The molecule has 9 rings (SSSR count). The van der Waals surface area contributed by atoms with Crippen LogP contribution in [0.1, 0.15) is 71.3 Å². The molecule has 1 aromatic heterocycles. The highest BCUT2D eigenvalue weighted by Crippen LogP contribution is 2.41. The number of urea groups is 1. The van der Waals surface area contributed by atoms with Crippen LogP contribution in [0, 0.1) is 23.1 Å². The lowest BCUT2D eigenvalue weighted by molar-refractivity contribution is -0.120. The van der Waals surface area contributed by atoms with E-state index >= 15 is 4.39 Å². The molecule has 4 aliphatic rings. The minimum atomic E-state index is -0.789. The summed E-state index contributed by atoms with van der Waals surface area (Å²) >= 11 is 0. The first-order valence-electron chi connectivity index (χ1n) is 22.5. The summed E-state index contributed by atoms with van der Waals surface area (Å²) in [6.07, 6.45) is 3.32. The summed E-state index contributed by atoms with van der Waals surface area (Å²) < 4.78 is 34.2. The van der Waals surface area contributed by atoms with Crippen molar-refractivity contribution in [3.05, 3.63) is 95.3 Å². The minimum Gasteiger partial charge on any atom is -0.493 e. The van der Waals surface area contributed by atoms with E-state index in [1.54, 1.807) is 49.2 Å². The Morgan fingerprint density at radius 3 is 2.36 bits per heavy atom. The maximum Gasteiger partial charge on any atom is 0.329 e. The Morgan fingerprint density at radius 1 is 0.879 bits per heavy atom. The predicted molar refractivity (Wildman–Crippen MR) is 245 cm³/mol. The van der Waals surface area contributed by atoms with Gasteiger partial charge in [-0.1, -0.05) is 12.1 Å². The summed E-state index contributed by atoms with van der Waals surface area (Å²) in [5, 5.41) is 17.0. The molecule has 3 fully saturated rings. The van der Waals surface area contributed by atoms with Crippen LogP contribution in [-0.2, 0) is 11.8 Å². The number of aromatic nitrogens is 2. The molecule has 0 saturated carbocycles. The van der Waals surface area contributed by atoms with Gasteiger partial charge < -0.3 is 24.0 Å². The zero-order valence-corrected chi connectivity index (χ0v) is 37.3. The van der Waals surface area contributed by atoms with E-state index in [-0.39, 0.29) is 36.9 Å². The first-order valence-corrected chi connectivity index (χ1v) is 22.5. The number of nitrogens with zero attached hydrogens (tertiary/aromatic N) is 8. The number of fused-ring (bicyclic) bond motifs is 2. The number of carbonyl (C=O) groups excluding carboxylic acids is 4. The average Bonchev–Trinajstić information content (AvgIpc) is 3.78. The highest BCUT2D eigenvalue weighted by Gasteiger charge is 2.43. The van der Waals surface area contributed by atoms with Crippen LogP contribution in [0.5, 0.6) is 23.0 Å². The van der Waals surface area contributed by atoms with Crippen molar-refractivity contribution in [1.82, 2.24) is 24.9 Å². The van der Waals surface area contributed by atoms with E-state index in [2.05, 4.69) is 31.2 Å². The molecule has 0 spiro atoms. The Balaban J connectivity index is 0.761. The summed E-state index contributed by atoms with van der Waals surface area (Å²) in [7, 11) is 3.25. The molecule has 5 aromatic rings. The fourth-order valence-electron chi connectivity index (χ4n) is 9.64. The van der Waals surface area contributed by atoms with Crippen LogP contribution in [0.4, 0.5) is 26.4 Å². The topological polar surface area (TPSA) is 166 Å². The highest BCUT2D eigenvalue weighted by molar-refractivity contribution is 6.24. The number of piperidine rings is 1. The third-order valence-corrected chi connectivity index (χ3v) is 13.2. The maximum atomic E-state index is 15.4. The number of carbonyl (C=O) groups is 4. The Labute approximate surface area is 382 Å². The molecule has 3 saturated heterocycles. The van der Waals surface area contributed by atoms with E-state index in [0.29, 0.717) is 57.4 Å². The quantitative estimate of drug-likeness (QED) is 0.113. The van der Waals surface area contributed by atoms with Gasteiger partial charge in [0.1, 0.15) is 5.75 Å².